The van der Waals surface area contributed by atoms with Gasteiger partial charge in [-0.1, -0.05) is 22.0 Å². The van der Waals surface area contributed by atoms with Crippen LogP contribution in [0.5, 0.6) is 11.5 Å². The van der Waals surface area contributed by atoms with Crippen LogP contribution in [0, 0.1) is 0 Å². The predicted octanol–water partition coefficient (Wildman–Crippen LogP) is 1.66. The fourth-order valence-electron chi connectivity index (χ4n) is 0.932. The minimum Gasteiger partial charge on any atom is -0.504 e. The first-order valence-electron chi connectivity index (χ1n) is 3.89. The van der Waals surface area contributed by atoms with Crippen LogP contribution in [0.2, 0.25) is 0 Å². The molecule has 0 aromatic heterocycles. The predicted molar refractivity (Wildman–Crippen MR) is 53.3 cm³/mol. The second kappa shape index (κ2) is 5.09. The van der Waals surface area contributed by atoms with E-state index in [0.29, 0.717) is 23.2 Å². The summed E-state index contributed by atoms with van der Waals surface area (Å²) in [5.74, 6) is 0.504. The van der Waals surface area contributed by atoms with Gasteiger partial charge in [0.1, 0.15) is 0 Å². The van der Waals surface area contributed by atoms with Crippen LogP contribution in [0.25, 0.3) is 0 Å². The van der Waals surface area contributed by atoms with Gasteiger partial charge in [-0.2, -0.15) is 0 Å². The molecule has 0 heterocycles. The summed E-state index contributed by atoms with van der Waals surface area (Å²) in [5.41, 5.74) is 0.670. The molecule has 0 radical (unpaired) electrons. The summed E-state index contributed by atoms with van der Waals surface area (Å²) in [7, 11) is 0. The van der Waals surface area contributed by atoms with Crippen LogP contribution in [-0.4, -0.2) is 22.2 Å². The van der Waals surface area contributed by atoms with Crippen LogP contribution in [0.15, 0.2) is 18.2 Å². The Morgan fingerprint density at radius 1 is 1.38 bits per heavy atom. The minimum atomic E-state index is -0.0771. The molecule has 0 aliphatic carbocycles. The first kappa shape index (κ1) is 10.3. The number of alkyl halides is 1. The Morgan fingerprint density at radius 2 is 2.15 bits per heavy atom. The Morgan fingerprint density at radius 3 is 2.69 bits per heavy atom. The van der Waals surface area contributed by atoms with E-state index in [0.717, 1.165) is 0 Å². The number of rotatable bonds is 4. The molecule has 0 atom stereocenters. The molecule has 3 nitrogen and oxygen atoms in total. The lowest BCUT2D eigenvalue weighted by Gasteiger charge is -2.06. The molecule has 2 N–H and O–H groups in total. The largest absolute Gasteiger partial charge is 0.504 e. The molecule has 72 valence electrons. The van der Waals surface area contributed by atoms with E-state index >= 15 is 0 Å². The van der Waals surface area contributed by atoms with Crippen LogP contribution >= 0.6 is 15.9 Å². The van der Waals surface area contributed by atoms with Gasteiger partial charge >= 0.3 is 0 Å². The van der Waals surface area contributed by atoms with Crippen molar-refractivity contribution in [3.05, 3.63) is 23.8 Å². The molecular formula is C9H11BrO3. The molecule has 1 rings (SSSR count). The van der Waals surface area contributed by atoms with Gasteiger partial charge in [-0.15, -0.1) is 0 Å². The molecule has 1 aromatic carbocycles. The van der Waals surface area contributed by atoms with Crippen molar-refractivity contribution in [2.45, 2.75) is 6.61 Å². The van der Waals surface area contributed by atoms with Gasteiger partial charge in [0.2, 0.25) is 0 Å². The van der Waals surface area contributed by atoms with Crippen molar-refractivity contribution in [1.82, 2.24) is 0 Å². The highest BCUT2D eigenvalue weighted by Gasteiger charge is 2.02. The monoisotopic (exact) mass is 246 g/mol. The first-order chi connectivity index (χ1) is 6.27. The molecule has 0 fully saturated rings. The SMILES string of the molecule is OCc1ccc(OCCBr)c(O)c1. The third-order valence-electron chi connectivity index (χ3n) is 1.54. The van der Waals surface area contributed by atoms with Crippen LogP contribution < -0.4 is 4.74 Å². The van der Waals surface area contributed by atoms with Crippen molar-refractivity contribution in [3.8, 4) is 11.5 Å². The average Bonchev–Trinajstić information content (AvgIpc) is 2.16. The number of aromatic hydroxyl groups is 1. The molecule has 1 aromatic rings. The van der Waals surface area contributed by atoms with E-state index in [1.165, 1.54) is 6.07 Å². The summed E-state index contributed by atoms with van der Waals surface area (Å²) in [6.07, 6.45) is 0. The molecule has 0 spiro atoms. The van der Waals surface area contributed by atoms with Gasteiger partial charge in [0.15, 0.2) is 11.5 Å². The number of benzene rings is 1. The highest BCUT2D eigenvalue weighted by Crippen LogP contribution is 2.26. The summed E-state index contributed by atoms with van der Waals surface area (Å²) in [6.45, 7) is 0.429. The molecule has 0 aliphatic heterocycles. The second-order valence-corrected chi connectivity index (χ2v) is 3.29. The standard InChI is InChI=1S/C9H11BrO3/c10-3-4-13-9-2-1-7(6-11)5-8(9)12/h1-2,5,11-12H,3-4,6H2. The molecule has 0 saturated heterocycles. The molecule has 0 bridgehead atoms. The molecule has 0 amide bonds. The second-order valence-electron chi connectivity index (χ2n) is 2.50. The van der Waals surface area contributed by atoms with Crippen LogP contribution in [0.4, 0.5) is 0 Å². The van der Waals surface area contributed by atoms with Gasteiger partial charge in [0, 0.05) is 5.33 Å². The number of phenolic OH excluding ortho intramolecular Hbond substituents is 1. The third-order valence-corrected chi connectivity index (χ3v) is 1.86. The van der Waals surface area contributed by atoms with Gasteiger partial charge in [0.05, 0.1) is 13.2 Å². The van der Waals surface area contributed by atoms with Gasteiger partial charge in [0.25, 0.3) is 0 Å². The Balaban J connectivity index is 2.73. The third kappa shape index (κ3) is 2.90. The van der Waals surface area contributed by atoms with E-state index in [2.05, 4.69) is 15.9 Å². The van der Waals surface area contributed by atoms with Gasteiger partial charge in [-0.3, -0.25) is 0 Å². The number of aliphatic hydroxyl groups is 1. The van der Waals surface area contributed by atoms with Crippen LogP contribution in [0.1, 0.15) is 5.56 Å². The molecule has 4 heteroatoms. The van der Waals surface area contributed by atoms with Crippen molar-refractivity contribution in [2.24, 2.45) is 0 Å². The molecule has 0 saturated carbocycles. The zero-order valence-electron chi connectivity index (χ0n) is 7.03. The van der Waals surface area contributed by atoms with Crippen LogP contribution in [-0.2, 0) is 6.61 Å². The summed E-state index contributed by atoms with van der Waals surface area (Å²) in [6, 6.07) is 4.84. The van der Waals surface area contributed by atoms with E-state index in [-0.39, 0.29) is 12.4 Å². The first-order valence-corrected chi connectivity index (χ1v) is 5.01. The molecule has 13 heavy (non-hydrogen) atoms. The molecule has 0 aliphatic rings. The quantitative estimate of drug-likeness (QED) is 0.795. The lowest BCUT2D eigenvalue weighted by Crippen LogP contribution is -1.98. The summed E-state index contributed by atoms with van der Waals surface area (Å²) < 4.78 is 5.21. The van der Waals surface area contributed by atoms with Gasteiger partial charge in [-0.25, -0.2) is 0 Å². The fourth-order valence-corrected chi connectivity index (χ4v) is 1.09. The van der Waals surface area contributed by atoms with E-state index in [1.807, 2.05) is 0 Å². The maximum atomic E-state index is 9.40. The Labute approximate surface area is 85.1 Å². The van der Waals surface area contributed by atoms with E-state index in [9.17, 15) is 5.11 Å². The number of ether oxygens (including phenoxy) is 1. The minimum absolute atomic E-state index is 0.0625. The lowest BCUT2D eigenvalue weighted by atomic mass is 10.2. The summed E-state index contributed by atoms with van der Waals surface area (Å²) in [4.78, 5) is 0. The zero-order chi connectivity index (χ0) is 9.68. The number of hydrogen-bond donors (Lipinski definition) is 2. The highest BCUT2D eigenvalue weighted by molar-refractivity contribution is 9.09. The van der Waals surface area contributed by atoms with Crippen molar-refractivity contribution >= 4 is 15.9 Å². The van der Waals surface area contributed by atoms with Crippen molar-refractivity contribution in [3.63, 3.8) is 0 Å². The Bertz CT molecular complexity index is 276. The van der Waals surface area contributed by atoms with Crippen molar-refractivity contribution in [1.29, 1.82) is 0 Å². The summed E-state index contributed by atoms with van der Waals surface area (Å²) in [5, 5.41) is 18.9. The zero-order valence-corrected chi connectivity index (χ0v) is 8.62. The number of halogens is 1. The number of phenols is 1. The van der Waals surface area contributed by atoms with E-state index < -0.39 is 0 Å². The topological polar surface area (TPSA) is 49.7 Å². The number of aliphatic hydroxyl groups excluding tert-OH is 1. The fraction of sp³-hybridized carbons (Fsp3) is 0.333. The number of hydrogen-bond acceptors (Lipinski definition) is 3. The molecular weight excluding hydrogens is 236 g/mol. The lowest BCUT2D eigenvalue weighted by molar-refractivity contribution is 0.279. The molecule has 0 unspecified atom stereocenters. The smallest absolute Gasteiger partial charge is 0.160 e. The highest BCUT2D eigenvalue weighted by atomic mass is 79.9. The van der Waals surface area contributed by atoms with Gasteiger partial charge < -0.3 is 14.9 Å². The summed E-state index contributed by atoms with van der Waals surface area (Å²) >= 11 is 3.21. The Kier molecular flexibility index (Phi) is 4.05. The van der Waals surface area contributed by atoms with E-state index in [1.54, 1.807) is 12.1 Å². The normalized spacial score (nSPS) is 10.0. The van der Waals surface area contributed by atoms with Crippen LogP contribution in [0.3, 0.4) is 0 Å². The van der Waals surface area contributed by atoms with Crippen molar-refractivity contribution < 1.29 is 14.9 Å². The van der Waals surface area contributed by atoms with Crippen molar-refractivity contribution in [2.75, 3.05) is 11.9 Å². The Hall–Kier alpha value is -0.740. The average molecular weight is 247 g/mol. The van der Waals surface area contributed by atoms with Gasteiger partial charge in [-0.05, 0) is 17.7 Å². The maximum absolute atomic E-state index is 9.40. The maximum Gasteiger partial charge on any atom is 0.160 e. The van der Waals surface area contributed by atoms with E-state index in [4.69, 9.17) is 9.84 Å².